The average Bonchev–Trinajstić information content (AvgIpc) is 2.86. The Balaban J connectivity index is 2.23. The highest BCUT2D eigenvalue weighted by Crippen LogP contribution is 2.29. The van der Waals surface area contributed by atoms with Crippen LogP contribution in [-0.4, -0.2) is 16.2 Å². The zero-order valence-corrected chi connectivity index (χ0v) is 11.4. The maximum absolute atomic E-state index is 12.4. The second-order valence-electron chi connectivity index (χ2n) is 4.67. The van der Waals surface area contributed by atoms with Gasteiger partial charge >= 0.3 is 12.1 Å². The largest absolute Gasteiger partial charge is 0.491 e. The highest BCUT2D eigenvalue weighted by Gasteiger charge is 2.39. The SMILES string of the molecule is CC(C)Oc1cccc(C(N)c2noc(C(F)(F)F)n2)c1. The van der Waals surface area contributed by atoms with E-state index in [1.807, 2.05) is 13.8 Å². The summed E-state index contributed by atoms with van der Waals surface area (Å²) in [5, 5.41) is 3.28. The molecule has 0 amide bonds. The number of ether oxygens (including phenoxy) is 1. The van der Waals surface area contributed by atoms with Crippen LogP contribution in [0.25, 0.3) is 0 Å². The molecular formula is C13H14F3N3O2. The fourth-order valence-electron chi connectivity index (χ4n) is 1.68. The molecule has 2 aromatic rings. The number of alkyl halides is 3. The van der Waals surface area contributed by atoms with Gasteiger partial charge in [0.05, 0.1) is 12.1 Å². The number of nitrogens with zero attached hydrogens (tertiary/aromatic N) is 2. The van der Waals surface area contributed by atoms with Gasteiger partial charge < -0.3 is 15.0 Å². The zero-order valence-electron chi connectivity index (χ0n) is 11.4. The summed E-state index contributed by atoms with van der Waals surface area (Å²) in [7, 11) is 0. The Morgan fingerprint density at radius 3 is 2.57 bits per heavy atom. The lowest BCUT2D eigenvalue weighted by atomic mass is 10.1. The van der Waals surface area contributed by atoms with Crippen molar-refractivity contribution in [1.29, 1.82) is 0 Å². The molecule has 0 aliphatic rings. The first-order chi connectivity index (χ1) is 9.77. The van der Waals surface area contributed by atoms with Gasteiger partial charge in [0.15, 0.2) is 5.82 Å². The highest BCUT2D eigenvalue weighted by atomic mass is 19.4. The van der Waals surface area contributed by atoms with E-state index in [1.54, 1.807) is 24.3 Å². The first-order valence-corrected chi connectivity index (χ1v) is 6.20. The lowest BCUT2D eigenvalue weighted by Crippen LogP contribution is -2.15. The Morgan fingerprint density at radius 1 is 1.29 bits per heavy atom. The molecular weight excluding hydrogens is 287 g/mol. The molecule has 5 nitrogen and oxygen atoms in total. The lowest BCUT2D eigenvalue weighted by Gasteiger charge is -2.12. The van der Waals surface area contributed by atoms with E-state index in [4.69, 9.17) is 10.5 Å². The number of nitrogens with two attached hydrogens (primary N) is 1. The molecule has 0 spiro atoms. The number of hydrogen-bond donors (Lipinski definition) is 1. The maximum atomic E-state index is 12.4. The van der Waals surface area contributed by atoms with Crippen molar-refractivity contribution < 1.29 is 22.4 Å². The smallest absolute Gasteiger partial charge is 0.471 e. The van der Waals surface area contributed by atoms with Crippen LogP contribution in [0.2, 0.25) is 0 Å². The molecule has 0 bridgehead atoms. The molecule has 0 saturated heterocycles. The van der Waals surface area contributed by atoms with Crippen LogP contribution in [-0.2, 0) is 6.18 Å². The molecule has 8 heteroatoms. The molecule has 0 radical (unpaired) electrons. The second-order valence-corrected chi connectivity index (χ2v) is 4.67. The quantitative estimate of drug-likeness (QED) is 0.939. The van der Waals surface area contributed by atoms with Crippen LogP contribution in [0, 0.1) is 0 Å². The summed E-state index contributed by atoms with van der Waals surface area (Å²) in [4.78, 5) is 3.28. The fraction of sp³-hybridized carbons (Fsp3) is 0.385. The molecule has 21 heavy (non-hydrogen) atoms. The van der Waals surface area contributed by atoms with E-state index in [0.29, 0.717) is 11.3 Å². The van der Waals surface area contributed by atoms with E-state index in [-0.39, 0.29) is 11.9 Å². The van der Waals surface area contributed by atoms with Crippen LogP contribution in [0.5, 0.6) is 5.75 Å². The summed E-state index contributed by atoms with van der Waals surface area (Å²) in [5.74, 6) is -1.08. The molecule has 2 N–H and O–H groups in total. The van der Waals surface area contributed by atoms with E-state index in [1.165, 1.54) is 0 Å². The van der Waals surface area contributed by atoms with Gasteiger partial charge in [-0.2, -0.15) is 18.2 Å². The summed E-state index contributed by atoms with van der Waals surface area (Å²) in [5.41, 5.74) is 6.39. The summed E-state index contributed by atoms with van der Waals surface area (Å²) in [6.07, 6.45) is -4.72. The molecule has 1 atom stereocenters. The summed E-state index contributed by atoms with van der Waals surface area (Å²) in [6, 6.07) is 5.78. The van der Waals surface area contributed by atoms with Crippen molar-refractivity contribution in [2.45, 2.75) is 32.2 Å². The first kappa shape index (κ1) is 15.3. The minimum atomic E-state index is -4.69. The van der Waals surface area contributed by atoms with Gasteiger partial charge in [-0.15, -0.1) is 0 Å². The molecule has 0 aliphatic heterocycles. The number of aromatic nitrogens is 2. The Kier molecular flexibility index (Phi) is 4.17. The Bertz CT molecular complexity index is 611. The normalized spacial score (nSPS) is 13.5. The van der Waals surface area contributed by atoms with Crippen molar-refractivity contribution in [3.05, 3.63) is 41.5 Å². The van der Waals surface area contributed by atoms with Crippen LogP contribution in [0.15, 0.2) is 28.8 Å². The molecule has 1 heterocycles. The fourth-order valence-corrected chi connectivity index (χ4v) is 1.68. The molecule has 0 saturated carbocycles. The van der Waals surface area contributed by atoms with Crippen LogP contribution < -0.4 is 10.5 Å². The minimum Gasteiger partial charge on any atom is -0.491 e. The maximum Gasteiger partial charge on any atom is 0.471 e. The zero-order chi connectivity index (χ0) is 15.6. The number of rotatable bonds is 4. The number of halogens is 3. The van der Waals surface area contributed by atoms with Crippen molar-refractivity contribution in [2.75, 3.05) is 0 Å². The van der Waals surface area contributed by atoms with Gasteiger partial charge in [0.25, 0.3) is 0 Å². The van der Waals surface area contributed by atoms with E-state index in [0.717, 1.165) is 0 Å². The van der Waals surface area contributed by atoms with E-state index < -0.39 is 18.1 Å². The Morgan fingerprint density at radius 2 is 2.00 bits per heavy atom. The van der Waals surface area contributed by atoms with Crippen molar-refractivity contribution in [3.8, 4) is 5.75 Å². The van der Waals surface area contributed by atoms with Crippen molar-refractivity contribution in [2.24, 2.45) is 5.73 Å². The second kappa shape index (κ2) is 5.72. The van der Waals surface area contributed by atoms with Gasteiger partial charge in [-0.1, -0.05) is 17.3 Å². The third-order valence-electron chi connectivity index (χ3n) is 2.55. The van der Waals surface area contributed by atoms with Crippen LogP contribution in [0.1, 0.15) is 37.2 Å². The Labute approximate surface area is 118 Å². The summed E-state index contributed by atoms with van der Waals surface area (Å²) < 4.78 is 46.9. The predicted octanol–water partition coefficient (Wildman–Crippen LogP) is 2.92. The molecule has 0 aliphatic carbocycles. The molecule has 1 unspecified atom stereocenters. The van der Waals surface area contributed by atoms with Gasteiger partial charge in [0, 0.05) is 0 Å². The molecule has 114 valence electrons. The van der Waals surface area contributed by atoms with Crippen molar-refractivity contribution in [3.63, 3.8) is 0 Å². The summed E-state index contributed by atoms with van der Waals surface area (Å²) in [6.45, 7) is 3.72. The van der Waals surface area contributed by atoms with Crippen LogP contribution in [0.4, 0.5) is 13.2 Å². The topological polar surface area (TPSA) is 74.2 Å². The van der Waals surface area contributed by atoms with Gasteiger partial charge in [0.1, 0.15) is 5.75 Å². The Hall–Kier alpha value is -2.09. The van der Waals surface area contributed by atoms with Crippen LogP contribution in [0.3, 0.4) is 0 Å². The van der Waals surface area contributed by atoms with E-state index in [2.05, 4.69) is 14.7 Å². The van der Waals surface area contributed by atoms with Gasteiger partial charge in [-0.25, -0.2) is 0 Å². The molecule has 0 fully saturated rings. The highest BCUT2D eigenvalue weighted by molar-refractivity contribution is 5.33. The molecule has 1 aromatic heterocycles. The van der Waals surface area contributed by atoms with Crippen molar-refractivity contribution in [1.82, 2.24) is 10.1 Å². The van der Waals surface area contributed by atoms with Gasteiger partial charge in [0.2, 0.25) is 0 Å². The third-order valence-corrected chi connectivity index (χ3v) is 2.55. The predicted molar refractivity (Wildman–Crippen MR) is 67.5 cm³/mol. The average molecular weight is 301 g/mol. The molecule has 2 rings (SSSR count). The third kappa shape index (κ3) is 3.72. The van der Waals surface area contributed by atoms with Crippen LogP contribution >= 0.6 is 0 Å². The van der Waals surface area contributed by atoms with Crippen molar-refractivity contribution >= 4 is 0 Å². The number of benzene rings is 1. The standard InChI is InChI=1S/C13H14F3N3O2/c1-7(2)20-9-5-3-4-8(6-9)10(17)11-18-12(21-19-11)13(14,15)16/h3-7,10H,17H2,1-2H3. The first-order valence-electron chi connectivity index (χ1n) is 6.20. The van der Waals surface area contributed by atoms with E-state index in [9.17, 15) is 13.2 Å². The lowest BCUT2D eigenvalue weighted by molar-refractivity contribution is -0.159. The van der Waals surface area contributed by atoms with E-state index >= 15 is 0 Å². The summed E-state index contributed by atoms with van der Waals surface area (Å²) >= 11 is 0. The van der Waals surface area contributed by atoms with Gasteiger partial charge in [-0.05, 0) is 31.5 Å². The number of hydrogen-bond acceptors (Lipinski definition) is 5. The monoisotopic (exact) mass is 301 g/mol. The minimum absolute atomic E-state index is 0.0292. The molecule has 1 aromatic carbocycles. The van der Waals surface area contributed by atoms with Gasteiger partial charge in [-0.3, -0.25) is 0 Å².